The molecule has 3 heteroatoms. The number of carboxylic acids is 1. The predicted molar refractivity (Wildman–Crippen MR) is 63.4 cm³/mol. The van der Waals surface area contributed by atoms with Crippen molar-refractivity contribution < 1.29 is 14.6 Å². The first kappa shape index (κ1) is 12.3. The van der Waals surface area contributed by atoms with Crippen molar-refractivity contribution in [1.29, 1.82) is 0 Å². The van der Waals surface area contributed by atoms with Gasteiger partial charge in [-0.2, -0.15) is 0 Å². The molecule has 16 heavy (non-hydrogen) atoms. The summed E-state index contributed by atoms with van der Waals surface area (Å²) < 4.78 is 5.53. The molecule has 0 saturated heterocycles. The van der Waals surface area contributed by atoms with Crippen LogP contribution in [0.25, 0.3) is 6.08 Å². The second-order valence-corrected chi connectivity index (χ2v) is 3.95. The van der Waals surface area contributed by atoms with E-state index in [1.165, 1.54) is 0 Å². The molecule has 3 nitrogen and oxygen atoms in total. The highest BCUT2D eigenvalue weighted by Gasteiger charge is 1.97. The lowest BCUT2D eigenvalue weighted by Crippen LogP contribution is -2.04. The monoisotopic (exact) mass is 220 g/mol. The molecule has 0 aromatic heterocycles. The van der Waals surface area contributed by atoms with E-state index in [1.54, 1.807) is 6.08 Å². The highest BCUT2D eigenvalue weighted by Crippen LogP contribution is 2.15. The van der Waals surface area contributed by atoms with Crippen LogP contribution in [0.1, 0.15) is 19.4 Å². The first-order chi connectivity index (χ1) is 7.58. The zero-order valence-corrected chi connectivity index (χ0v) is 9.51. The number of carbonyl (C=O) groups is 1. The smallest absolute Gasteiger partial charge is 0.328 e. The Morgan fingerprint density at radius 2 is 2.25 bits per heavy atom. The average molecular weight is 220 g/mol. The quantitative estimate of drug-likeness (QED) is 0.776. The van der Waals surface area contributed by atoms with Crippen molar-refractivity contribution in [1.82, 2.24) is 0 Å². The number of hydrogen-bond donors (Lipinski definition) is 1. The Balaban J connectivity index is 2.67. The Labute approximate surface area is 95.4 Å². The maximum Gasteiger partial charge on any atom is 0.328 e. The lowest BCUT2D eigenvalue weighted by atomic mass is 10.2. The van der Waals surface area contributed by atoms with E-state index in [9.17, 15) is 4.79 Å². The Bertz CT molecular complexity index is 381. The number of rotatable bonds is 5. The maximum absolute atomic E-state index is 10.4. The van der Waals surface area contributed by atoms with E-state index in [1.807, 2.05) is 24.3 Å². The minimum atomic E-state index is -0.950. The second kappa shape index (κ2) is 5.95. The van der Waals surface area contributed by atoms with Crippen molar-refractivity contribution in [2.75, 3.05) is 6.61 Å². The topological polar surface area (TPSA) is 46.5 Å². The summed E-state index contributed by atoms with van der Waals surface area (Å²) in [5, 5.41) is 8.50. The van der Waals surface area contributed by atoms with Crippen LogP contribution in [0.4, 0.5) is 0 Å². The van der Waals surface area contributed by atoms with Crippen LogP contribution in [0.2, 0.25) is 0 Å². The standard InChI is InChI=1S/C13H16O3/c1-10(2)9-16-12-5-3-4-11(8-12)6-7-13(14)15/h3-8,10H,9H2,1-2H3,(H,14,15)/b7-6+. The molecular formula is C13H16O3. The second-order valence-electron chi connectivity index (χ2n) is 3.95. The molecule has 0 bridgehead atoms. The average Bonchev–Trinajstić information content (AvgIpc) is 2.24. The van der Waals surface area contributed by atoms with Gasteiger partial charge in [-0.3, -0.25) is 0 Å². The summed E-state index contributed by atoms with van der Waals surface area (Å²) in [6.45, 7) is 4.81. The molecular weight excluding hydrogens is 204 g/mol. The van der Waals surface area contributed by atoms with Crippen LogP contribution in [-0.4, -0.2) is 17.7 Å². The molecule has 0 heterocycles. The van der Waals surface area contributed by atoms with Crippen LogP contribution < -0.4 is 4.74 Å². The van der Waals surface area contributed by atoms with Crippen molar-refractivity contribution in [3.63, 3.8) is 0 Å². The van der Waals surface area contributed by atoms with Gasteiger partial charge in [-0.1, -0.05) is 26.0 Å². The Kier molecular flexibility index (Phi) is 4.58. The third-order valence-electron chi connectivity index (χ3n) is 1.86. The van der Waals surface area contributed by atoms with Crippen LogP contribution in [0, 0.1) is 5.92 Å². The summed E-state index contributed by atoms with van der Waals surface area (Å²) in [7, 11) is 0. The zero-order chi connectivity index (χ0) is 12.0. The molecule has 86 valence electrons. The zero-order valence-electron chi connectivity index (χ0n) is 9.51. The Morgan fingerprint density at radius 3 is 2.88 bits per heavy atom. The first-order valence-electron chi connectivity index (χ1n) is 5.22. The van der Waals surface area contributed by atoms with Crippen molar-refractivity contribution in [2.45, 2.75) is 13.8 Å². The van der Waals surface area contributed by atoms with Crippen molar-refractivity contribution in [3.05, 3.63) is 35.9 Å². The molecule has 0 atom stereocenters. The number of benzene rings is 1. The number of hydrogen-bond acceptors (Lipinski definition) is 2. The van der Waals surface area contributed by atoms with Gasteiger partial charge in [0.15, 0.2) is 0 Å². The normalized spacial score (nSPS) is 10.9. The highest BCUT2D eigenvalue weighted by molar-refractivity contribution is 5.85. The van der Waals surface area contributed by atoms with Crippen molar-refractivity contribution >= 4 is 12.0 Å². The fraction of sp³-hybridized carbons (Fsp3) is 0.308. The maximum atomic E-state index is 10.4. The van der Waals surface area contributed by atoms with E-state index >= 15 is 0 Å². The van der Waals surface area contributed by atoms with Crippen molar-refractivity contribution in [3.8, 4) is 5.75 Å². The highest BCUT2D eigenvalue weighted by atomic mass is 16.5. The van der Waals surface area contributed by atoms with Crippen LogP contribution in [-0.2, 0) is 4.79 Å². The van der Waals surface area contributed by atoms with Gasteiger partial charge in [0.05, 0.1) is 6.61 Å². The largest absolute Gasteiger partial charge is 0.493 e. The summed E-state index contributed by atoms with van der Waals surface area (Å²) in [6.07, 6.45) is 2.66. The molecule has 1 aromatic rings. The van der Waals surface area contributed by atoms with E-state index in [0.29, 0.717) is 12.5 Å². The van der Waals surface area contributed by atoms with Gasteiger partial charge in [-0.05, 0) is 29.7 Å². The van der Waals surface area contributed by atoms with E-state index in [4.69, 9.17) is 9.84 Å². The fourth-order valence-electron chi connectivity index (χ4n) is 1.14. The van der Waals surface area contributed by atoms with Gasteiger partial charge in [0.25, 0.3) is 0 Å². The fourth-order valence-corrected chi connectivity index (χ4v) is 1.14. The number of aliphatic carboxylic acids is 1. The summed E-state index contributed by atoms with van der Waals surface area (Å²) in [6, 6.07) is 7.36. The first-order valence-corrected chi connectivity index (χ1v) is 5.22. The molecule has 1 N–H and O–H groups in total. The van der Waals surface area contributed by atoms with E-state index in [2.05, 4.69) is 13.8 Å². The minimum absolute atomic E-state index is 0.471. The summed E-state index contributed by atoms with van der Waals surface area (Å²) >= 11 is 0. The SMILES string of the molecule is CC(C)COc1cccc(/C=C/C(=O)O)c1. The molecule has 0 radical (unpaired) electrons. The van der Waals surface area contributed by atoms with Gasteiger partial charge in [-0.25, -0.2) is 4.79 Å². The Morgan fingerprint density at radius 1 is 1.50 bits per heavy atom. The minimum Gasteiger partial charge on any atom is -0.493 e. The summed E-state index contributed by atoms with van der Waals surface area (Å²) in [5.74, 6) is 0.285. The summed E-state index contributed by atoms with van der Waals surface area (Å²) in [5.41, 5.74) is 0.823. The third-order valence-corrected chi connectivity index (χ3v) is 1.86. The third kappa shape index (κ3) is 4.64. The molecule has 0 aliphatic carbocycles. The molecule has 1 rings (SSSR count). The lowest BCUT2D eigenvalue weighted by molar-refractivity contribution is -0.131. The number of ether oxygens (including phenoxy) is 1. The van der Waals surface area contributed by atoms with Gasteiger partial charge in [0, 0.05) is 6.08 Å². The molecule has 0 saturated carbocycles. The lowest BCUT2D eigenvalue weighted by Gasteiger charge is -2.08. The molecule has 0 aliphatic heterocycles. The van der Waals surface area contributed by atoms with Crippen LogP contribution in [0.5, 0.6) is 5.75 Å². The van der Waals surface area contributed by atoms with E-state index in [-0.39, 0.29) is 0 Å². The van der Waals surface area contributed by atoms with Gasteiger partial charge in [0.2, 0.25) is 0 Å². The molecule has 0 aliphatic rings. The van der Waals surface area contributed by atoms with Crippen LogP contribution >= 0.6 is 0 Å². The van der Waals surface area contributed by atoms with Gasteiger partial charge in [-0.15, -0.1) is 0 Å². The van der Waals surface area contributed by atoms with Gasteiger partial charge < -0.3 is 9.84 Å². The Hall–Kier alpha value is -1.77. The van der Waals surface area contributed by atoms with Crippen LogP contribution in [0.3, 0.4) is 0 Å². The summed E-state index contributed by atoms with van der Waals surface area (Å²) in [4.78, 5) is 10.4. The van der Waals surface area contributed by atoms with E-state index < -0.39 is 5.97 Å². The number of carboxylic acid groups (broad SMARTS) is 1. The van der Waals surface area contributed by atoms with E-state index in [0.717, 1.165) is 17.4 Å². The molecule has 1 aromatic carbocycles. The molecule has 0 amide bonds. The molecule has 0 unspecified atom stereocenters. The van der Waals surface area contributed by atoms with Gasteiger partial charge >= 0.3 is 5.97 Å². The molecule has 0 spiro atoms. The van der Waals surface area contributed by atoms with Gasteiger partial charge in [0.1, 0.15) is 5.75 Å². The van der Waals surface area contributed by atoms with Crippen molar-refractivity contribution in [2.24, 2.45) is 5.92 Å². The molecule has 0 fully saturated rings. The predicted octanol–water partition coefficient (Wildman–Crippen LogP) is 2.82. The van der Waals surface area contributed by atoms with Crippen LogP contribution in [0.15, 0.2) is 30.3 Å².